The molecular weight excluding hydrogens is 182 g/mol. The summed E-state index contributed by atoms with van der Waals surface area (Å²) in [5, 5.41) is 0. The minimum absolute atomic E-state index is 0.553. The van der Waals surface area contributed by atoms with E-state index < -0.39 is 0 Å². The maximum absolute atomic E-state index is 5.86. The second-order valence-electron chi connectivity index (χ2n) is 4.21. The maximum atomic E-state index is 5.86. The molecule has 0 rings (SSSR count). The molecule has 0 aliphatic rings. The molecule has 1 nitrogen and oxygen atoms in total. The average Bonchev–Trinajstić information content (AvgIpc) is 2.23. The van der Waals surface area contributed by atoms with Crippen LogP contribution >= 0.6 is 0 Å². The molecule has 0 heterocycles. The summed E-state index contributed by atoms with van der Waals surface area (Å²) in [6, 6.07) is 0. The largest absolute Gasteiger partial charge is 0.330 e. The molecular formula is C14H27N. The lowest BCUT2D eigenvalue weighted by Gasteiger charge is -2.18. The first kappa shape index (κ1) is 14.4. The molecule has 15 heavy (non-hydrogen) atoms. The van der Waals surface area contributed by atoms with Crippen molar-refractivity contribution in [3.8, 4) is 0 Å². The van der Waals surface area contributed by atoms with Gasteiger partial charge in [0.1, 0.15) is 0 Å². The number of hydrogen-bond acceptors (Lipinski definition) is 1. The van der Waals surface area contributed by atoms with E-state index in [9.17, 15) is 0 Å². The molecule has 88 valence electrons. The van der Waals surface area contributed by atoms with Crippen molar-refractivity contribution in [2.45, 2.75) is 53.4 Å². The van der Waals surface area contributed by atoms with Gasteiger partial charge in [-0.1, -0.05) is 44.4 Å². The Labute approximate surface area is 95.4 Å². The third kappa shape index (κ3) is 5.17. The van der Waals surface area contributed by atoms with Crippen LogP contribution in [0.5, 0.6) is 0 Å². The predicted molar refractivity (Wildman–Crippen MR) is 69.9 cm³/mol. The molecule has 0 saturated carbocycles. The standard InChI is InChI=1S/C14H27N/c1-5-8-12(4)14(10-7-3)13(11-15)9-6-2/h7,10,13H,5-6,8-9,11,15H2,1-4H3/b10-7-,14-12-. The molecule has 0 aliphatic heterocycles. The Balaban J connectivity index is 4.82. The Morgan fingerprint density at radius 2 is 1.93 bits per heavy atom. The molecule has 0 amide bonds. The fraction of sp³-hybridized carbons (Fsp3) is 0.714. The van der Waals surface area contributed by atoms with E-state index in [0.717, 1.165) is 6.54 Å². The smallest absolute Gasteiger partial charge is 0.000826 e. The molecule has 1 heteroatoms. The SMILES string of the molecule is C/C=C\C(=C(/C)CCC)C(CN)CCC. The van der Waals surface area contributed by atoms with E-state index in [1.807, 2.05) is 0 Å². The van der Waals surface area contributed by atoms with E-state index in [2.05, 4.69) is 39.8 Å². The van der Waals surface area contributed by atoms with Crippen molar-refractivity contribution in [2.75, 3.05) is 6.54 Å². The summed E-state index contributed by atoms with van der Waals surface area (Å²) >= 11 is 0. The Kier molecular flexibility index (Phi) is 8.40. The van der Waals surface area contributed by atoms with Crippen molar-refractivity contribution < 1.29 is 0 Å². The van der Waals surface area contributed by atoms with Crippen LogP contribution in [0.25, 0.3) is 0 Å². The zero-order valence-electron chi connectivity index (χ0n) is 10.8. The van der Waals surface area contributed by atoms with Crippen LogP contribution in [0.4, 0.5) is 0 Å². The Morgan fingerprint density at radius 3 is 2.33 bits per heavy atom. The highest BCUT2D eigenvalue weighted by atomic mass is 14.5. The van der Waals surface area contributed by atoms with Crippen molar-refractivity contribution in [1.29, 1.82) is 0 Å². The number of nitrogens with two attached hydrogens (primary N) is 1. The molecule has 1 unspecified atom stereocenters. The van der Waals surface area contributed by atoms with Crippen molar-refractivity contribution in [3.63, 3.8) is 0 Å². The van der Waals surface area contributed by atoms with Crippen LogP contribution < -0.4 is 5.73 Å². The molecule has 0 spiro atoms. The fourth-order valence-electron chi connectivity index (χ4n) is 2.07. The molecule has 0 aromatic rings. The van der Waals surface area contributed by atoms with Gasteiger partial charge in [-0.05, 0) is 44.7 Å². The average molecular weight is 209 g/mol. The summed E-state index contributed by atoms with van der Waals surface area (Å²) in [7, 11) is 0. The van der Waals surface area contributed by atoms with Gasteiger partial charge in [0, 0.05) is 0 Å². The van der Waals surface area contributed by atoms with Crippen molar-refractivity contribution in [1.82, 2.24) is 0 Å². The van der Waals surface area contributed by atoms with E-state index in [1.165, 1.54) is 36.8 Å². The van der Waals surface area contributed by atoms with E-state index in [-0.39, 0.29) is 0 Å². The van der Waals surface area contributed by atoms with Gasteiger partial charge in [-0.3, -0.25) is 0 Å². The quantitative estimate of drug-likeness (QED) is 0.629. The molecule has 0 fully saturated rings. The molecule has 0 aliphatic carbocycles. The van der Waals surface area contributed by atoms with Crippen LogP contribution in [0, 0.1) is 5.92 Å². The highest BCUT2D eigenvalue weighted by Gasteiger charge is 2.11. The Bertz CT molecular complexity index is 213. The molecule has 0 bridgehead atoms. The first-order valence-electron chi connectivity index (χ1n) is 6.23. The lowest BCUT2D eigenvalue weighted by atomic mass is 9.89. The zero-order chi connectivity index (χ0) is 11.7. The minimum atomic E-state index is 0.553. The summed E-state index contributed by atoms with van der Waals surface area (Å²) in [5.41, 5.74) is 8.84. The van der Waals surface area contributed by atoms with Crippen LogP contribution in [0.1, 0.15) is 53.4 Å². The van der Waals surface area contributed by atoms with Crippen molar-refractivity contribution in [3.05, 3.63) is 23.3 Å². The third-order valence-corrected chi connectivity index (χ3v) is 2.83. The number of allylic oxidation sites excluding steroid dienone is 3. The molecule has 2 N–H and O–H groups in total. The van der Waals surface area contributed by atoms with E-state index in [1.54, 1.807) is 0 Å². The number of hydrogen-bond donors (Lipinski definition) is 1. The summed E-state index contributed by atoms with van der Waals surface area (Å²) in [6.45, 7) is 9.56. The Hall–Kier alpha value is -0.560. The summed E-state index contributed by atoms with van der Waals surface area (Å²) in [4.78, 5) is 0. The second-order valence-corrected chi connectivity index (χ2v) is 4.21. The van der Waals surface area contributed by atoms with Crippen LogP contribution in [-0.2, 0) is 0 Å². The monoisotopic (exact) mass is 209 g/mol. The second kappa shape index (κ2) is 8.72. The van der Waals surface area contributed by atoms with Gasteiger partial charge in [-0.25, -0.2) is 0 Å². The van der Waals surface area contributed by atoms with Crippen LogP contribution in [0.3, 0.4) is 0 Å². The van der Waals surface area contributed by atoms with Gasteiger partial charge in [-0.2, -0.15) is 0 Å². The third-order valence-electron chi connectivity index (χ3n) is 2.83. The zero-order valence-corrected chi connectivity index (χ0v) is 10.8. The first-order chi connectivity index (χ1) is 7.21. The van der Waals surface area contributed by atoms with Gasteiger partial charge in [0.25, 0.3) is 0 Å². The van der Waals surface area contributed by atoms with Gasteiger partial charge < -0.3 is 5.73 Å². The van der Waals surface area contributed by atoms with Gasteiger partial charge in [0.05, 0.1) is 0 Å². The van der Waals surface area contributed by atoms with E-state index in [0.29, 0.717) is 5.92 Å². The van der Waals surface area contributed by atoms with Crippen LogP contribution in [0.2, 0.25) is 0 Å². The molecule has 0 radical (unpaired) electrons. The maximum Gasteiger partial charge on any atom is -0.000826 e. The van der Waals surface area contributed by atoms with E-state index in [4.69, 9.17) is 5.73 Å². The van der Waals surface area contributed by atoms with Crippen molar-refractivity contribution >= 4 is 0 Å². The lowest BCUT2D eigenvalue weighted by Crippen LogP contribution is -2.16. The fourth-order valence-corrected chi connectivity index (χ4v) is 2.07. The highest BCUT2D eigenvalue weighted by Crippen LogP contribution is 2.23. The summed E-state index contributed by atoms with van der Waals surface area (Å²) < 4.78 is 0. The van der Waals surface area contributed by atoms with Crippen LogP contribution in [0.15, 0.2) is 23.3 Å². The summed E-state index contributed by atoms with van der Waals surface area (Å²) in [5.74, 6) is 0.553. The van der Waals surface area contributed by atoms with Gasteiger partial charge in [-0.15, -0.1) is 0 Å². The van der Waals surface area contributed by atoms with Crippen molar-refractivity contribution in [2.24, 2.45) is 11.7 Å². The van der Waals surface area contributed by atoms with Gasteiger partial charge in [0.2, 0.25) is 0 Å². The first-order valence-corrected chi connectivity index (χ1v) is 6.23. The molecule has 0 aromatic heterocycles. The predicted octanol–water partition coefficient (Wildman–Crippen LogP) is 4.05. The summed E-state index contributed by atoms with van der Waals surface area (Å²) in [6.07, 6.45) is 9.21. The number of rotatable bonds is 7. The lowest BCUT2D eigenvalue weighted by molar-refractivity contribution is 0.564. The highest BCUT2D eigenvalue weighted by molar-refractivity contribution is 5.27. The van der Waals surface area contributed by atoms with Gasteiger partial charge >= 0.3 is 0 Å². The van der Waals surface area contributed by atoms with Crippen LogP contribution in [-0.4, -0.2) is 6.54 Å². The van der Waals surface area contributed by atoms with E-state index >= 15 is 0 Å². The topological polar surface area (TPSA) is 26.0 Å². The normalized spacial score (nSPS) is 15.5. The molecule has 0 saturated heterocycles. The minimum Gasteiger partial charge on any atom is -0.330 e. The Morgan fingerprint density at radius 1 is 1.27 bits per heavy atom. The van der Waals surface area contributed by atoms with Gasteiger partial charge in [0.15, 0.2) is 0 Å². The molecule has 1 atom stereocenters. The molecule has 0 aromatic carbocycles.